The van der Waals surface area contributed by atoms with Crippen LogP contribution in [0.4, 0.5) is 5.69 Å². The van der Waals surface area contributed by atoms with E-state index < -0.39 is 36.2 Å². The van der Waals surface area contributed by atoms with Gasteiger partial charge in [0.25, 0.3) is 11.8 Å². The van der Waals surface area contributed by atoms with Crippen LogP contribution in [0.25, 0.3) is 0 Å². The van der Waals surface area contributed by atoms with Crippen LogP contribution in [-0.2, 0) is 19.1 Å². The van der Waals surface area contributed by atoms with Crippen molar-refractivity contribution in [3.8, 4) is 0 Å². The van der Waals surface area contributed by atoms with Crippen LogP contribution in [-0.4, -0.2) is 41.9 Å². The highest BCUT2D eigenvalue weighted by Crippen LogP contribution is 2.20. The topological polar surface area (TPSA) is 105 Å². The van der Waals surface area contributed by atoms with Gasteiger partial charge in [0.2, 0.25) is 5.91 Å². The van der Waals surface area contributed by atoms with Gasteiger partial charge >= 0.3 is 5.97 Å². The monoisotopic (exact) mass is 487 g/mol. The Morgan fingerprint density at radius 3 is 2.55 bits per heavy atom. The molecule has 3 rings (SSSR count). The van der Waals surface area contributed by atoms with Gasteiger partial charge in [0.1, 0.15) is 0 Å². The third-order valence-corrected chi connectivity index (χ3v) is 5.55. The fourth-order valence-electron chi connectivity index (χ4n) is 3.09. The minimum atomic E-state index is -0.758. The number of nitrogens with one attached hydrogen (secondary N) is 2. The minimum absolute atomic E-state index is 0.0153. The quantitative estimate of drug-likeness (QED) is 0.609. The fourth-order valence-corrected chi connectivity index (χ4v) is 3.35. The van der Waals surface area contributed by atoms with E-state index in [1.807, 2.05) is 26.0 Å². The molecule has 0 aromatic heterocycles. The number of hydrogen-bond acceptors (Lipinski definition) is 5. The van der Waals surface area contributed by atoms with Crippen molar-refractivity contribution in [1.29, 1.82) is 0 Å². The number of anilines is 1. The van der Waals surface area contributed by atoms with Crippen LogP contribution < -0.4 is 10.7 Å². The van der Waals surface area contributed by atoms with Crippen molar-refractivity contribution in [3.05, 3.63) is 63.6 Å². The zero-order valence-corrected chi connectivity index (χ0v) is 18.7. The highest BCUT2D eigenvalue weighted by Gasteiger charge is 2.36. The number of aryl methyl sites for hydroxylation is 1. The molecule has 0 bridgehead atoms. The smallest absolute Gasteiger partial charge is 0.311 e. The molecule has 1 heterocycles. The Balaban J connectivity index is 1.49. The zero-order chi connectivity index (χ0) is 22.5. The SMILES string of the molecule is Cc1cccc(NC(=O)COC(=O)[C@@H]2CC(=O)N(NC(=O)c3ccc(Br)cc3)C2)c1C. The Labute approximate surface area is 188 Å². The molecule has 1 saturated heterocycles. The predicted molar refractivity (Wildman–Crippen MR) is 117 cm³/mol. The molecule has 0 radical (unpaired) electrons. The first-order valence-corrected chi connectivity index (χ1v) is 10.4. The number of carbonyl (C=O) groups excluding carboxylic acids is 4. The number of amides is 3. The van der Waals surface area contributed by atoms with Gasteiger partial charge in [0.05, 0.1) is 12.5 Å². The van der Waals surface area contributed by atoms with Crippen LogP contribution in [0.3, 0.4) is 0 Å². The van der Waals surface area contributed by atoms with Crippen molar-refractivity contribution in [1.82, 2.24) is 10.4 Å². The van der Waals surface area contributed by atoms with E-state index in [0.717, 1.165) is 20.6 Å². The van der Waals surface area contributed by atoms with E-state index in [0.29, 0.717) is 11.3 Å². The van der Waals surface area contributed by atoms with Crippen molar-refractivity contribution in [2.75, 3.05) is 18.5 Å². The van der Waals surface area contributed by atoms with Crippen molar-refractivity contribution < 1.29 is 23.9 Å². The summed E-state index contributed by atoms with van der Waals surface area (Å²) >= 11 is 3.29. The summed E-state index contributed by atoms with van der Waals surface area (Å²) in [7, 11) is 0. The van der Waals surface area contributed by atoms with Crippen LogP contribution in [0, 0.1) is 19.8 Å². The lowest BCUT2D eigenvalue weighted by atomic mass is 10.1. The first kappa shape index (κ1) is 22.5. The molecule has 0 spiro atoms. The first-order valence-electron chi connectivity index (χ1n) is 9.64. The lowest BCUT2D eigenvalue weighted by molar-refractivity contribution is -0.151. The van der Waals surface area contributed by atoms with Gasteiger partial charge in [-0.2, -0.15) is 0 Å². The Morgan fingerprint density at radius 2 is 1.84 bits per heavy atom. The standard InChI is InChI=1S/C22H22BrN3O5/c1-13-4-3-5-18(14(13)2)24-19(27)12-31-22(30)16-10-20(28)26(11-16)25-21(29)15-6-8-17(23)9-7-15/h3-9,16H,10-12H2,1-2H3,(H,24,27)(H,25,29)/t16-/m1/s1. The largest absolute Gasteiger partial charge is 0.455 e. The molecule has 1 aliphatic rings. The Bertz CT molecular complexity index is 1020. The Morgan fingerprint density at radius 1 is 1.13 bits per heavy atom. The average molecular weight is 488 g/mol. The van der Waals surface area contributed by atoms with Gasteiger partial charge in [-0.25, -0.2) is 0 Å². The summed E-state index contributed by atoms with van der Waals surface area (Å²) in [4.78, 5) is 48.9. The lowest BCUT2D eigenvalue weighted by Gasteiger charge is -2.17. The molecular formula is C22H22BrN3O5. The van der Waals surface area contributed by atoms with Crippen LogP contribution in [0.5, 0.6) is 0 Å². The number of nitrogens with zero attached hydrogens (tertiary/aromatic N) is 1. The molecule has 2 N–H and O–H groups in total. The number of benzene rings is 2. The maximum Gasteiger partial charge on any atom is 0.311 e. The summed E-state index contributed by atoms with van der Waals surface area (Å²) in [5, 5.41) is 3.81. The number of ether oxygens (including phenoxy) is 1. The van der Waals surface area contributed by atoms with Gasteiger partial charge in [-0.3, -0.25) is 29.6 Å². The molecule has 0 aliphatic carbocycles. The minimum Gasteiger partial charge on any atom is -0.455 e. The molecule has 1 aliphatic heterocycles. The van der Waals surface area contributed by atoms with E-state index >= 15 is 0 Å². The number of esters is 1. The molecule has 2 aromatic carbocycles. The number of carbonyl (C=O) groups is 4. The second kappa shape index (κ2) is 9.74. The van der Waals surface area contributed by atoms with Gasteiger partial charge in [-0.1, -0.05) is 28.1 Å². The summed E-state index contributed by atoms with van der Waals surface area (Å²) in [6.07, 6.45) is -0.0991. The van der Waals surface area contributed by atoms with Gasteiger partial charge < -0.3 is 10.1 Å². The van der Waals surface area contributed by atoms with Crippen LogP contribution in [0.1, 0.15) is 27.9 Å². The van der Waals surface area contributed by atoms with E-state index in [2.05, 4.69) is 26.7 Å². The normalized spacial score (nSPS) is 15.5. The molecule has 162 valence electrons. The van der Waals surface area contributed by atoms with E-state index in [1.165, 1.54) is 0 Å². The second-order valence-electron chi connectivity index (χ2n) is 7.26. The highest BCUT2D eigenvalue weighted by atomic mass is 79.9. The fraction of sp³-hybridized carbons (Fsp3) is 0.273. The van der Waals surface area contributed by atoms with E-state index in [9.17, 15) is 19.2 Å². The predicted octanol–water partition coefficient (Wildman–Crippen LogP) is 2.74. The van der Waals surface area contributed by atoms with E-state index in [4.69, 9.17) is 4.74 Å². The maximum absolute atomic E-state index is 12.3. The van der Waals surface area contributed by atoms with Crippen molar-refractivity contribution in [3.63, 3.8) is 0 Å². The molecule has 1 atom stereocenters. The Kier molecular flexibility index (Phi) is 7.06. The summed E-state index contributed by atoms with van der Waals surface area (Å²) in [5.41, 5.74) is 5.50. The summed E-state index contributed by atoms with van der Waals surface area (Å²) in [6.45, 7) is 3.35. The van der Waals surface area contributed by atoms with Crippen LogP contribution in [0.15, 0.2) is 46.9 Å². The molecule has 1 fully saturated rings. The van der Waals surface area contributed by atoms with Crippen molar-refractivity contribution in [2.24, 2.45) is 5.92 Å². The molecule has 31 heavy (non-hydrogen) atoms. The lowest BCUT2D eigenvalue weighted by Crippen LogP contribution is -2.43. The second-order valence-corrected chi connectivity index (χ2v) is 8.17. The molecule has 9 heteroatoms. The summed E-state index contributed by atoms with van der Waals surface area (Å²) in [5.74, 6) is -2.74. The van der Waals surface area contributed by atoms with E-state index in [-0.39, 0.29) is 13.0 Å². The first-order chi connectivity index (χ1) is 14.7. The molecular weight excluding hydrogens is 466 g/mol. The summed E-state index contributed by atoms with van der Waals surface area (Å²) in [6, 6.07) is 12.2. The Hall–Kier alpha value is -3.20. The third-order valence-electron chi connectivity index (χ3n) is 5.03. The number of halogens is 1. The molecule has 8 nitrogen and oxygen atoms in total. The molecule has 3 amide bonds. The van der Waals surface area contributed by atoms with Crippen molar-refractivity contribution in [2.45, 2.75) is 20.3 Å². The van der Waals surface area contributed by atoms with Gasteiger partial charge in [-0.15, -0.1) is 0 Å². The number of hydrazine groups is 1. The van der Waals surface area contributed by atoms with Gasteiger partial charge in [0, 0.05) is 22.1 Å². The van der Waals surface area contributed by atoms with Gasteiger partial charge in [0.15, 0.2) is 6.61 Å². The average Bonchev–Trinajstić information content (AvgIpc) is 3.10. The van der Waals surface area contributed by atoms with Gasteiger partial charge in [-0.05, 0) is 55.3 Å². The molecule has 0 saturated carbocycles. The van der Waals surface area contributed by atoms with Crippen LogP contribution >= 0.6 is 15.9 Å². The third kappa shape index (κ3) is 5.69. The van der Waals surface area contributed by atoms with E-state index in [1.54, 1.807) is 30.3 Å². The van der Waals surface area contributed by atoms with Crippen molar-refractivity contribution >= 4 is 45.3 Å². The molecule has 0 unspecified atom stereocenters. The maximum atomic E-state index is 12.3. The number of rotatable bonds is 6. The number of hydrogen-bond donors (Lipinski definition) is 2. The summed E-state index contributed by atoms with van der Waals surface area (Å²) < 4.78 is 5.91. The highest BCUT2D eigenvalue weighted by molar-refractivity contribution is 9.10. The zero-order valence-electron chi connectivity index (χ0n) is 17.1. The van der Waals surface area contributed by atoms with Crippen LogP contribution in [0.2, 0.25) is 0 Å². The molecule has 2 aromatic rings.